The third kappa shape index (κ3) is 4.44. The lowest BCUT2D eigenvalue weighted by Crippen LogP contribution is -2.28. The molecule has 8 nitrogen and oxygen atoms in total. The number of rotatable bonds is 7. The van der Waals surface area contributed by atoms with Crippen molar-refractivity contribution < 1.29 is 18.9 Å². The standard InChI is InChI=1S/C22H17N3O5/c26-21(14-29-18-11-9-17(10-12-18)25(27)28)23-13-15-5-7-16(8-6-15)22-24-19-3-1-2-4-20(19)30-22/h1-12H,13-14H2,(H,23,26). The third-order valence-corrected chi connectivity index (χ3v) is 4.40. The van der Waals surface area contributed by atoms with Gasteiger partial charge in [0, 0.05) is 24.2 Å². The summed E-state index contributed by atoms with van der Waals surface area (Å²) in [5.41, 5.74) is 3.27. The summed E-state index contributed by atoms with van der Waals surface area (Å²) >= 11 is 0. The molecule has 4 aromatic rings. The number of fused-ring (bicyclic) bond motifs is 1. The van der Waals surface area contributed by atoms with Gasteiger partial charge in [0.05, 0.1) is 4.92 Å². The van der Waals surface area contributed by atoms with E-state index in [1.54, 1.807) is 0 Å². The van der Waals surface area contributed by atoms with E-state index in [0.29, 0.717) is 18.2 Å². The van der Waals surface area contributed by atoms with Gasteiger partial charge in [0.25, 0.3) is 11.6 Å². The van der Waals surface area contributed by atoms with Gasteiger partial charge in [-0.2, -0.15) is 0 Å². The molecule has 1 heterocycles. The number of ether oxygens (including phenoxy) is 1. The van der Waals surface area contributed by atoms with E-state index in [-0.39, 0.29) is 18.2 Å². The van der Waals surface area contributed by atoms with E-state index in [1.165, 1.54) is 24.3 Å². The predicted molar refractivity (Wildman–Crippen MR) is 110 cm³/mol. The first kappa shape index (κ1) is 19.1. The van der Waals surface area contributed by atoms with Crippen molar-refractivity contribution in [2.75, 3.05) is 6.61 Å². The van der Waals surface area contributed by atoms with E-state index in [9.17, 15) is 14.9 Å². The Morgan fingerprint density at radius 2 is 1.77 bits per heavy atom. The Bertz CT molecular complexity index is 1150. The fraction of sp³-hybridized carbons (Fsp3) is 0.0909. The summed E-state index contributed by atoms with van der Waals surface area (Å²) in [5, 5.41) is 13.4. The van der Waals surface area contributed by atoms with Crippen molar-refractivity contribution in [1.29, 1.82) is 0 Å². The van der Waals surface area contributed by atoms with E-state index in [1.807, 2.05) is 48.5 Å². The molecule has 0 fully saturated rings. The van der Waals surface area contributed by atoms with Gasteiger partial charge in [-0.05, 0) is 42.0 Å². The second-order valence-electron chi connectivity index (χ2n) is 6.50. The smallest absolute Gasteiger partial charge is 0.269 e. The summed E-state index contributed by atoms with van der Waals surface area (Å²) in [6, 6.07) is 20.7. The number of carbonyl (C=O) groups excluding carboxylic acids is 1. The zero-order valence-corrected chi connectivity index (χ0v) is 15.8. The van der Waals surface area contributed by atoms with Crippen LogP contribution in [0.25, 0.3) is 22.6 Å². The largest absolute Gasteiger partial charge is 0.484 e. The molecular weight excluding hydrogens is 386 g/mol. The first-order valence-corrected chi connectivity index (χ1v) is 9.17. The molecule has 0 aliphatic carbocycles. The molecule has 1 N–H and O–H groups in total. The minimum absolute atomic E-state index is 0.0342. The van der Waals surface area contributed by atoms with Gasteiger partial charge in [-0.3, -0.25) is 14.9 Å². The van der Waals surface area contributed by atoms with E-state index in [2.05, 4.69) is 10.3 Å². The number of nitro benzene ring substituents is 1. The number of nitro groups is 1. The van der Waals surface area contributed by atoms with Crippen molar-refractivity contribution >= 4 is 22.7 Å². The Hall–Kier alpha value is -4.20. The van der Waals surface area contributed by atoms with Gasteiger partial charge in [-0.25, -0.2) is 4.98 Å². The molecule has 4 rings (SSSR count). The van der Waals surface area contributed by atoms with Crippen molar-refractivity contribution in [3.05, 3.63) is 88.5 Å². The number of para-hydroxylation sites is 2. The van der Waals surface area contributed by atoms with Crippen LogP contribution in [0.5, 0.6) is 5.75 Å². The van der Waals surface area contributed by atoms with Crippen LogP contribution in [-0.2, 0) is 11.3 Å². The van der Waals surface area contributed by atoms with E-state index in [0.717, 1.165) is 22.2 Å². The number of amides is 1. The maximum Gasteiger partial charge on any atom is 0.269 e. The Morgan fingerprint density at radius 1 is 1.03 bits per heavy atom. The topological polar surface area (TPSA) is 108 Å². The van der Waals surface area contributed by atoms with Gasteiger partial charge in [0.2, 0.25) is 5.89 Å². The number of oxazole rings is 1. The molecule has 0 spiro atoms. The molecule has 0 unspecified atom stereocenters. The first-order valence-electron chi connectivity index (χ1n) is 9.17. The SMILES string of the molecule is O=C(COc1ccc([N+](=O)[O-])cc1)NCc1ccc(-c2nc3ccccc3o2)cc1. The van der Waals surface area contributed by atoms with E-state index in [4.69, 9.17) is 9.15 Å². The van der Waals surface area contributed by atoms with Gasteiger partial charge in [0.1, 0.15) is 11.3 Å². The molecule has 0 saturated heterocycles. The quantitative estimate of drug-likeness (QED) is 0.368. The molecule has 3 aromatic carbocycles. The van der Waals surface area contributed by atoms with Crippen LogP contribution < -0.4 is 10.1 Å². The van der Waals surface area contributed by atoms with Crippen LogP contribution in [0, 0.1) is 10.1 Å². The minimum atomic E-state index is -0.494. The highest BCUT2D eigenvalue weighted by Gasteiger charge is 2.09. The molecule has 0 saturated carbocycles. The first-order chi connectivity index (χ1) is 14.6. The van der Waals surface area contributed by atoms with Gasteiger partial charge >= 0.3 is 0 Å². The highest BCUT2D eigenvalue weighted by atomic mass is 16.6. The summed E-state index contributed by atoms with van der Waals surface area (Å²) in [7, 11) is 0. The lowest BCUT2D eigenvalue weighted by Gasteiger charge is -2.08. The lowest BCUT2D eigenvalue weighted by molar-refractivity contribution is -0.384. The number of non-ortho nitro benzene ring substituents is 1. The van der Waals surface area contributed by atoms with Crippen molar-refractivity contribution in [3.63, 3.8) is 0 Å². The van der Waals surface area contributed by atoms with Crippen molar-refractivity contribution in [2.24, 2.45) is 0 Å². The van der Waals surface area contributed by atoms with E-state index >= 15 is 0 Å². The van der Waals surface area contributed by atoms with Crippen LogP contribution >= 0.6 is 0 Å². The maximum absolute atomic E-state index is 12.0. The zero-order valence-electron chi connectivity index (χ0n) is 15.8. The van der Waals surface area contributed by atoms with Gasteiger partial charge in [-0.15, -0.1) is 0 Å². The highest BCUT2D eigenvalue weighted by Crippen LogP contribution is 2.24. The van der Waals surface area contributed by atoms with Crippen LogP contribution in [0.3, 0.4) is 0 Å². The molecule has 150 valence electrons. The zero-order chi connectivity index (χ0) is 20.9. The monoisotopic (exact) mass is 403 g/mol. The maximum atomic E-state index is 12.0. The average molecular weight is 403 g/mol. The molecule has 30 heavy (non-hydrogen) atoms. The molecular formula is C22H17N3O5. The molecule has 0 atom stereocenters. The summed E-state index contributed by atoms with van der Waals surface area (Å²) < 4.78 is 11.1. The third-order valence-electron chi connectivity index (χ3n) is 4.40. The molecule has 0 radical (unpaired) electrons. The minimum Gasteiger partial charge on any atom is -0.484 e. The Kier molecular flexibility index (Phi) is 5.38. The number of benzene rings is 3. The number of nitrogens with zero attached hydrogens (tertiary/aromatic N) is 2. The van der Waals surface area contributed by atoms with E-state index < -0.39 is 4.92 Å². The number of carbonyl (C=O) groups is 1. The number of nitrogens with one attached hydrogen (secondary N) is 1. The molecule has 1 aromatic heterocycles. The summed E-state index contributed by atoms with van der Waals surface area (Å²) in [5.74, 6) is 0.637. The normalized spacial score (nSPS) is 10.7. The summed E-state index contributed by atoms with van der Waals surface area (Å²) in [4.78, 5) is 26.6. The molecule has 8 heteroatoms. The number of hydrogen-bond acceptors (Lipinski definition) is 6. The van der Waals surface area contributed by atoms with Gasteiger partial charge in [0.15, 0.2) is 12.2 Å². The second kappa shape index (κ2) is 8.44. The summed E-state index contributed by atoms with van der Waals surface area (Å²) in [6.07, 6.45) is 0. The van der Waals surface area contributed by atoms with Crippen molar-refractivity contribution in [3.8, 4) is 17.2 Å². The molecule has 0 aliphatic rings. The average Bonchev–Trinajstić information content (AvgIpc) is 3.21. The Balaban J connectivity index is 1.29. The Morgan fingerprint density at radius 3 is 2.47 bits per heavy atom. The second-order valence-corrected chi connectivity index (χ2v) is 6.50. The molecule has 1 amide bonds. The lowest BCUT2D eigenvalue weighted by atomic mass is 10.1. The van der Waals surface area contributed by atoms with Crippen LogP contribution in [0.2, 0.25) is 0 Å². The van der Waals surface area contributed by atoms with Crippen LogP contribution in [0.1, 0.15) is 5.56 Å². The van der Waals surface area contributed by atoms with Crippen LogP contribution in [-0.4, -0.2) is 22.4 Å². The number of aromatic nitrogens is 1. The fourth-order valence-electron chi connectivity index (χ4n) is 2.83. The van der Waals surface area contributed by atoms with Gasteiger partial charge < -0.3 is 14.5 Å². The van der Waals surface area contributed by atoms with Gasteiger partial charge in [-0.1, -0.05) is 24.3 Å². The number of hydrogen-bond donors (Lipinski definition) is 1. The van der Waals surface area contributed by atoms with Crippen molar-refractivity contribution in [2.45, 2.75) is 6.54 Å². The molecule has 0 bridgehead atoms. The fourth-order valence-corrected chi connectivity index (χ4v) is 2.83. The van der Waals surface area contributed by atoms with Crippen molar-refractivity contribution in [1.82, 2.24) is 10.3 Å². The highest BCUT2D eigenvalue weighted by molar-refractivity contribution is 5.77. The van der Waals surface area contributed by atoms with Crippen LogP contribution in [0.4, 0.5) is 5.69 Å². The molecule has 0 aliphatic heterocycles. The Labute approximate surface area is 171 Å². The summed E-state index contributed by atoms with van der Waals surface area (Å²) in [6.45, 7) is 0.162. The van der Waals surface area contributed by atoms with Crippen LogP contribution in [0.15, 0.2) is 77.2 Å². The predicted octanol–water partition coefficient (Wildman–Crippen LogP) is 4.10.